The Morgan fingerprint density at radius 3 is 2.10 bits per heavy atom. The van der Waals surface area contributed by atoms with Gasteiger partial charge in [-0.3, -0.25) is 0 Å². The van der Waals surface area contributed by atoms with Crippen LogP contribution in [0.4, 0.5) is 0 Å². The zero-order valence-corrected chi connectivity index (χ0v) is 14.5. The highest BCUT2D eigenvalue weighted by atomic mass is 79.9. The van der Waals surface area contributed by atoms with Gasteiger partial charge in [0, 0.05) is 0 Å². The maximum atomic E-state index is 10.8. The molecular weight excluding hydrogens is 356 g/mol. The van der Waals surface area contributed by atoms with Gasteiger partial charge in [0.1, 0.15) is 10.1 Å². The van der Waals surface area contributed by atoms with Crippen LogP contribution >= 0.6 is 15.9 Å². The third-order valence-electron chi connectivity index (χ3n) is 2.71. The second-order valence-electron chi connectivity index (χ2n) is 4.75. The van der Waals surface area contributed by atoms with Crippen molar-refractivity contribution < 1.29 is 17.7 Å². The average molecular weight is 373 g/mol. The molecule has 0 spiro atoms. The molecular formula is C14H17BrN2O3S. The third-order valence-corrected chi connectivity index (χ3v) is 4.33. The van der Waals surface area contributed by atoms with E-state index in [0.29, 0.717) is 17.7 Å². The predicted molar refractivity (Wildman–Crippen MR) is 82.6 cm³/mol. The van der Waals surface area contributed by atoms with E-state index in [2.05, 4.69) is 15.9 Å². The molecule has 7 heteroatoms. The molecule has 1 aliphatic rings. The van der Waals surface area contributed by atoms with Gasteiger partial charge in [0.15, 0.2) is 6.54 Å². The summed E-state index contributed by atoms with van der Waals surface area (Å²) in [6.07, 6.45) is 5.59. The molecule has 5 nitrogen and oxygen atoms in total. The molecule has 1 aromatic carbocycles. The molecule has 1 heterocycles. The van der Waals surface area contributed by atoms with Gasteiger partial charge in [-0.15, -0.1) is 0 Å². The number of benzene rings is 1. The van der Waals surface area contributed by atoms with Crippen LogP contribution in [0.25, 0.3) is 0 Å². The normalized spacial score (nSPS) is 14.3. The van der Waals surface area contributed by atoms with Crippen LogP contribution < -0.4 is 0 Å². The van der Waals surface area contributed by atoms with E-state index >= 15 is 0 Å². The quantitative estimate of drug-likeness (QED) is 0.605. The first-order valence-electron chi connectivity index (χ1n) is 6.16. The van der Waals surface area contributed by atoms with Crippen LogP contribution in [0.15, 0.2) is 39.9 Å². The summed E-state index contributed by atoms with van der Waals surface area (Å²) in [4.78, 5) is -0.0851. The number of rotatable bonds is 1. The van der Waals surface area contributed by atoms with Gasteiger partial charge in [-0.05, 0) is 60.0 Å². The van der Waals surface area contributed by atoms with Crippen LogP contribution in [0.2, 0.25) is 0 Å². The average Bonchev–Trinajstić information content (AvgIpc) is 2.25. The molecule has 1 aliphatic heterocycles. The number of allylic oxidation sites excluding steroid dienone is 2. The Balaban J connectivity index is 0.000000235. The van der Waals surface area contributed by atoms with Gasteiger partial charge in [0.05, 0.1) is 9.38 Å². The lowest BCUT2D eigenvalue weighted by Gasteiger charge is -2.14. The van der Waals surface area contributed by atoms with Crippen LogP contribution in [0.5, 0.6) is 0 Å². The molecule has 0 atom stereocenters. The maximum Gasteiger partial charge on any atom is 0.210 e. The molecule has 2 rings (SSSR count). The standard InChI is InChI=1S/C9H12O3S.C5H6BrN2/c1-6-4-7(2)9(8(3)5-6)13(10,11)12;6-5-2-1-3-8(7)4-5/h4-5H,1-3H3,(H,10,11,12);1-2,4,7H,3H2/q;+1/p-1. The van der Waals surface area contributed by atoms with Gasteiger partial charge in [0.2, 0.25) is 6.20 Å². The second-order valence-corrected chi connectivity index (χ2v) is 6.98. The van der Waals surface area contributed by atoms with E-state index in [1.165, 1.54) is 4.70 Å². The van der Waals surface area contributed by atoms with Crippen molar-refractivity contribution in [2.45, 2.75) is 25.7 Å². The minimum absolute atomic E-state index is 0.0851. The van der Waals surface area contributed by atoms with Crippen molar-refractivity contribution in [2.75, 3.05) is 6.54 Å². The summed E-state index contributed by atoms with van der Waals surface area (Å²) in [6.45, 7) is 5.81. The Morgan fingerprint density at radius 1 is 1.24 bits per heavy atom. The number of hydrogen-bond acceptors (Lipinski definition) is 4. The molecule has 1 N–H and O–H groups in total. The lowest BCUT2D eigenvalue weighted by atomic mass is 10.1. The van der Waals surface area contributed by atoms with Gasteiger partial charge < -0.3 is 4.55 Å². The fraction of sp³-hybridized carbons (Fsp3) is 0.286. The van der Waals surface area contributed by atoms with E-state index in [9.17, 15) is 13.0 Å². The van der Waals surface area contributed by atoms with E-state index in [1.54, 1.807) is 32.2 Å². The Bertz CT molecular complexity index is 699. The van der Waals surface area contributed by atoms with E-state index in [1.807, 2.05) is 19.1 Å². The lowest BCUT2D eigenvalue weighted by molar-refractivity contribution is -0.542. The molecule has 1 aromatic rings. The summed E-state index contributed by atoms with van der Waals surface area (Å²) in [5.41, 5.74) is 9.08. The largest absolute Gasteiger partial charge is 0.744 e. The molecule has 0 amide bonds. The zero-order valence-electron chi connectivity index (χ0n) is 12.1. The second kappa shape index (κ2) is 7.11. The van der Waals surface area contributed by atoms with Crippen LogP contribution in [0.3, 0.4) is 0 Å². The first-order valence-corrected chi connectivity index (χ1v) is 8.37. The van der Waals surface area contributed by atoms with Crippen molar-refractivity contribution >= 4 is 26.0 Å². The highest BCUT2D eigenvalue weighted by Crippen LogP contribution is 2.20. The summed E-state index contributed by atoms with van der Waals surface area (Å²) in [5, 5.41) is 0. The number of aryl methyl sites for hydroxylation is 3. The first-order chi connectivity index (χ1) is 9.61. The van der Waals surface area contributed by atoms with Crippen molar-refractivity contribution in [3.8, 4) is 0 Å². The lowest BCUT2D eigenvalue weighted by Crippen LogP contribution is -2.04. The molecule has 0 aromatic heterocycles. The van der Waals surface area contributed by atoms with E-state index in [4.69, 9.17) is 5.53 Å². The summed E-state index contributed by atoms with van der Waals surface area (Å²) >= 11 is 3.24. The predicted octanol–water partition coefficient (Wildman–Crippen LogP) is 3.35. The monoisotopic (exact) mass is 372 g/mol. The maximum absolute atomic E-state index is 10.8. The zero-order chi connectivity index (χ0) is 16.2. The minimum atomic E-state index is -4.33. The minimum Gasteiger partial charge on any atom is -0.744 e. The number of hydrogen-bond donors (Lipinski definition) is 1. The Kier molecular flexibility index (Phi) is 6.00. The molecule has 0 unspecified atom stereocenters. The Morgan fingerprint density at radius 2 is 1.76 bits per heavy atom. The molecule has 0 bridgehead atoms. The highest BCUT2D eigenvalue weighted by Gasteiger charge is 2.09. The van der Waals surface area contributed by atoms with Crippen molar-refractivity contribution in [3.63, 3.8) is 0 Å². The van der Waals surface area contributed by atoms with Gasteiger partial charge in [0.25, 0.3) is 0 Å². The van der Waals surface area contributed by atoms with Crippen LogP contribution in [0.1, 0.15) is 16.7 Å². The topological polar surface area (TPSA) is 84.1 Å². The summed E-state index contributed by atoms with van der Waals surface area (Å²) in [5.74, 6) is 0. The highest BCUT2D eigenvalue weighted by molar-refractivity contribution is 9.11. The summed E-state index contributed by atoms with van der Waals surface area (Å²) < 4.78 is 34.8. The van der Waals surface area contributed by atoms with E-state index < -0.39 is 10.1 Å². The molecule has 114 valence electrons. The van der Waals surface area contributed by atoms with Gasteiger partial charge in [-0.2, -0.15) is 0 Å². The SMILES string of the molecule is Cc1cc(C)c(S(=O)(=O)[O-])c(C)c1.N=[N+]1C=C(Br)C=CC1. The molecule has 0 radical (unpaired) electrons. The van der Waals surface area contributed by atoms with E-state index in [-0.39, 0.29) is 4.90 Å². The number of nitrogens with zero attached hydrogens (tertiary/aromatic N) is 1. The smallest absolute Gasteiger partial charge is 0.210 e. The molecule has 0 saturated heterocycles. The Hall–Kier alpha value is -1.31. The van der Waals surface area contributed by atoms with Crippen molar-refractivity contribution in [3.05, 3.63) is 51.7 Å². The van der Waals surface area contributed by atoms with Crippen LogP contribution in [0, 0.1) is 26.3 Å². The molecule has 0 fully saturated rings. The van der Waals surface area contributed by atoms with Crippen molar-refractivity contribution in [1.82, 2.24) is 0 Å². The van der Waals surface area contributed by atoms with Gasteiger partial charge >= 0.3 is 0 Å². The van der Waals surface area contributed by atoms with Gasteiger partial charge in [-0.1, -0.05) is 27.9 Å². The van der Waals surface area contributed by atoms with Crippen molar-refractivity contribution in [2.24, 2.45) is 0 Å². The first kappa shape index (κ1) is 17.7. The molecule has 21 heavy (non-hydrogen) atoms. The van der Waals surface area contributed by atoms with Crippen LogP contribution in [-0.2, 0) is 10.1 Å². The Labute approximate surface area is 133 Å². The molecule has 0 saturated carbocycles. The summed E-state index contributed by atoms with van der Waals surface area (Å²) in [6, 6.07) is 3.38. The van der Waals surface area contributed by atoms with Crippen LogP contribution in [-0.4, -0.2) is 24.2 Å². The number of nitrogens with one attached hydrogen (secondary N) is 1. The third kappa shape index (κ3) is 5.53. The molecule has 0 aliphatic carbocycles. The van der Waals surface area contributed by atoms with E-state index in [0.717, 1.165) is 10.0 Å². The summed E-state index contributed by atoms with van der Waals surface area (Å²) in [7, 11) is -4.33. The fourth-order valence-corrected chi connectivity index (χ4v) is 3.43. The van der Waals surface area contributed by atoms with Crippen molar-refractivity contribution in [1.29, 1.82) is 5.53 Å². The number of halogens is 1. The van der Waals surface area contributed by atoms with Gasteiger partial charge in [-0.25, -0.2) is 8.42 Å². The fourth-order valence-electron chi connectivity index (χ4n) is 2.08.